The lowest BCUT2D eigenvalue weighted by Crippen LogP contribution is -2.34. The van der Waals surface area contributed by atoms with Gasteiger partial charge in [0.15, 0.2) is 0 Å². The molecule has 1 saturated heterocycles. The Morgan fingerprint density at radius 2 is 2.25 bits per heavy atom. The molecule has 1 aliphatic rings. The quantitative estimate of drug-likeness (QED) is 0.833. The normalized spacial score (nSPS) is 20.6. The van der Waals surface area contributed by atoms with E-state index in [1.165, 1.54) is 12.5 Å². The number of nitrogens with zero attached hydrogens (tertiary/aromatic N) is 1. The molecular formula is C13H19FN2. The zero-order valence-corrected chi connectivity index (χ0v) is 9.75. The molecule has 1 fully saturated rings. The van der Waals surface area contributed by atoms with E-state index in [9.17, 15) is 4.39 Å². The van der Waals surface area contributed by atoms with Crippen LogP contribution in [-0.2, 0) is 6.42 Å². The summed E-state index contributed by atoms with van der Waals surface area (Å²) in [5.41, 5.74) is 0.820. The second kappa shape index (κ2) is 5.41. The average molecular weight is 222 g/mol. The van der Waals surface area contributed by atoms with Crippen molar-refractivity contribution in [2.45, 2.75) is 18.9 Å². The second-order valence-corrected chi connectivity index (χ2v) is 4.47. The van der Waals surface area contributed by atoms with Crippen molar-refractivity contribution in [3.05, 3.63) is 35.6 Å². The molecule has 2 rings (SSSR count). The van der Waals surface area contributed by atoms with E-state index < -0.39 is 0 Å². The highest BCUT2D eigenvalue weighted by atomic mass is 19.1. The molecule has 3 heteroatoms. The monoisotopic (exact) mass is 222 g/mol. The summed E-state index contributed by atoms with van der Waals surface area (Å²) in [6.07, 6.45) is 1.99. The van der Waals surface area contributed by atoms with Gasteiger partial charge in [0.05, 0.1) is 0 Å². The summed E-state index contributed by atoms with van der Waals surface area (Å²) in [7, 11) is 2.12. The first-order valence-electron chi connectivity index (χ1n) is 5.92. The van der Waals surface area contributed by atoms with Gasteiger partial charge in [-0.25, -0.2) is 4.39 Å². The molecule has 0 aliphatic carbocycles. The summed E-state index contributed by atoms with van der Waals surface area (Å²) < 4.78 is 13.4. The van der Waals surface area contributed by atoms with E-state index in [1.807, 2.05) is 12.1 Å². The van der Waals surface area contributed by atoms with Crippen LogP contribution >= 0.6 is 0 Å². The van der Waals surface area contributed by atoms with Crippen LogP contribution in [0.4, 0.5) is 4.39 Å². The molecule has 1 unspecified atom stereocenters. The van der Waals surface area contributed by atoms with Crippen LogP contribution < -0.4 is 5.32 Å². The molecule has 0 radical (unpaired) electrons. The summed E-state index contributed by atoms with van der Waals surface area (Å²) in [6.45, 7) is 3.09. The molecule has 1 heterocycles. The maximum absolute atomic E-state index is 13.4. The van der Waals surface area contributed by atoms with Crippen LogP contribution in [0.1, 0.15) is 12.0 Å². The maximum atomic E-state index is 13.4. The fourth-order valence-corrected chi connectivity index (χ4v) is 2.20. The minimum atomic E-state index is -0.0829. The third-order valence-electron chi connectivity index (χ3n) is 3.35. The molecule has 88 valence electrons. The standard InChI is InChI=1S/C13H19FN2/c1-16(12-6-8-15-10-12)9-7-11-4-2-3-5-13(11)14/h2-5,12,15H,6-10H2,1H3. The number of nitrogens with one attached hydrogen (secondary N) is 1. The Morgan fingerprint density at radius 1 is 1.44 bits per heavy atom. The smallest absolute Gasteiger partial charge is 0.126 e. The van der Waals surface area contributed by atoms with Crippen LogP contribution in [0, 0.1) is 5.82 Å². The lowest BCUT2D eigenvalue weighted by Gasteiger charge is -2.23. The van der Waals surface area contributed by atoms with Crippen molar-refractivity contribution in [1.29, 1.82) is 0 Å². The van der Waals surface area contributed by atoms with Gasteiger partial charge in [-0.05, 0) is 38.1 Å². The molecule has 0 saturated carbocycles. The lowest BCUT2D eigenvalue weighted by atomic mass is 10.1. The molecule has 1 aliphatic heterocycles. The van der Waals surface area contributed by atoms with Gasteiger partial charge < -0.3 is 10.2 Å². The zero-order valence-electron chi connectivity index (χ0n) is 9.75. The first kappa shape index (κ1) is 11.6. The van der Waals surface area contributed by atoms with Crippen LogP contribution in [0.25, 0.3) is 0 Å². The number of hydrogen-bond acceptors (Lipinski definition) is 2. The number of hydrogen-bond donors (Lipinski definition) is 1. The molecule has 1 aromatic rings. The molecule has 0 bridgehead atoms. The van der Waals surface area contributed by atoms with Gasteiger partial charge in [-0.15, -0.1) is 0 Å². The van der Waals surface area contributed by atoms with Crippen LogP contribution in [0.15, 0.2) is 24.3 Å². The van der Waals surface area contributed by atoms with Crippen molar-refractivity contribution in [2.75, 3.05) is 26.7 Å². The van der Waals surface area contributed by atoms with Crippen molar-refractivity contribution in [3.63, 3.8) is 0 Å². The van der Waals surface area contributed by atoms with E-state index in [2.05, 4.69) is 17.3 Å². The Bertz CT molecular complexity index is 334. The van der Waals surface area contributed by atoms with E-state index >= 15 is 0 Å². The highest BCUT2D eigenvalue weighted by Gasteiger charge is 2.18. The van der Waals surface area contributed by atoms with Crippen molar-refractivity contribution in [1.82, 2.24) is 10.2 Å². The van der Waals surface area contributed by atoms with Gasteiger partial charge in [0.25, 0.3) is 0 Å². The zero-order chi connectivity index (χ0) is 11.4. The Kier molecular flexibility index (Phi) is 3.91. The maximum Gasteiger partial charge on any atom is 0.126 e. The Balaban J connectivity index is 1.84. The molecule has 0 spiro atoms. The highest BCUT2D eigenvalue weighted by Crippen LogP contribution is 2.10. The van der Waals surface area contributed by atoms with Crippen molar-refractivity contribution < 1.29 is 4.39 Å². The van der Waals surface area contributed by atoms with Gasteiger partial charge >= 0.3 is 0 Å². The third-order valence-corrected chi connectivity index (χ3v) is 3.35. The summed E-state index contributed by atoms with van der Waals surface area (Å²) in [5.74, 6) is -0.0829. The minimum absolute atomic E-state index is 0.0829. The van der Waals surface area contributed by atoms with E-state index in [0.29, 0.717) is 6.04 Å². The van der Waals surface area contributed by atoms with E-state index in [0.717, 1.165) is 31.6 Å². The fraction of sp³-hybridized carbons (Fsp3) is 0.538. The Hall–Kier alpha value is -0.930. The van der Waals surface area contributed by atoms with Crippen LogP contribution in [0.3, 0.4) is 0 Å². The first-order chi connectivity index (χ1) is 7.77. The van der Waals surface area contributed by atoms with Gasteiger partial charge in [-0.2, -0.15) is 0 Å². The van der Waals surface area contributed by atoms with Gasteiger partial charge in [-0.1, -0.05) is 18.2 Å². The van der Waals surface area contributed by atoms with E-state index in [1.54, 1.807) is 6.07 Å². The lowest BCUT2D eigenvalue weighted by molar-refractivity contribution is 0.259. The minimum Gasteiger partial charge on any atom is -0.315 e. The Morgan fingerprint density at radius 3 is 2.94 bits per heavy atom. The largest absolute Gasteiger partial charge is 0.315 e. The SMILES string of the molecule is CN(CCc1ccccc1F)C1CCNC1. The average Bonchev–Trinajstić information content (AvgIpc) is 2.81. The molecule has 1 atom stereocenters. The van der Waals surface area contributed by atoms with E-state index in [-0.39, 0.29) is 5.82 Å². The Labute approximate surface area is 96.5 Å². The van der Waals surface area contributed by atoms with Crippen molar-refractivity contribution in [3.8, 4) is 0 Å². The van der Waals surface area contributed by atoms with E-state index in [4.69, 9.17) is 0 Å². The van der Waals surface area contributed by atoms with Gasteiger partial charge in [-0.3, -0.25) is 0 Å². The second-order valence-electron chi connectivity index (χ2n) is 4.47. The number of benzene rings is 1. The molecule has 2 nitrogen and oxygen atoms in total. The summed E-state index contributed by atoms with van der Waals surface area (Å²) in [4.78, 5) is 2.33. The molecule has 16 heavy (non-hydrogen) atoms. The van der Waals surface area contributed by atoms with Crippen molar-refractivity contribution >= 4 is 0 Å². The van der Waals surface area contributed by atoms with Crippen LogP contribution in [0.5, 0.6) is 0 Å². The topological polar surface area (TPSA) is 15.3 Å². The predicted octanol–water partition coefficient (Wildman–Crippen LogP) is 1.66. The summed E-state index contributed by atoms with van der Waals surface area (Å²) in [6, 6.07) is 7.66. The summed E-state index contributed by atoms with van der Waals surface area (Å²) in [5, 5.41) is 3.35. The molecule has 0 amide bonds. The molecule has 0 aromatic heterocycles. The van der Waals surface area contributed by atoms with Crippen LogP contribution in [0.2, 0.25) is 0 Å². The fourth-order valence-electron chi connectivity index (χ4n) is 2.20. The third kappa shape index (κ3) is 2.80. The van der Waals surface area contributed by atoms with Gasteiger partial charge in [0, 0.05) is 19.1 Å². The van der Waals surface area contributed by atoms with Gasteiger partial charge in [0.2, 0.25) is 0 Å². The highest BCUT2D eigenvalue weighted by molar-refractivity contribution is 5.17. The van der Waals surface area contributed by atoms with Gasteiger partial charge in [0.1, 0.15) is 5.82 Å². The summed E-state index contributed by atoms with van der Waals surface area (Å²) >= 11 is 0. The van der Waals surface area contributed by atoms with Crippen LogP contribution in [-0.4, -0.2) is 37.6 Å². The predicted molar refractivity (Wildman–Crippen MR) is 64.0 cm³/mol. The number of rotatable bonds is 4. The first-order valence-corrected chi connectivity index (χ1v) is 5.92. The molecule has 1 N–H and O–H groups in total. The molecule has 1 aromatic carbocycles. The number of halogens is 1. The van der Waals surface area contributed by atoms with Crippen molar-refractivity contribution in [2.24, 2.45) is 0 Å². The number of likely N-dealkylation sites (N-methyl/N-ethyl adjacent to an activating group) is 1. The molecular weight excluding hydrogens is 203 g/mol.